The molecule has 4 heteroatoms. The van der Waals surface area contributed by atoms with Crippen molar-refractivity contribution < 1.29 is 0 Å². The maximum Gasteiger partial charge on any atom is 0.199 e. The quantitative estimate of drug-likeness (QED) is 0.740. The van der Waals surface area contributed by atoms with Gasteiger partial charge in [0.05, 0.1) is 0 Å². The molecule has 0 radical (unpaired) electrons. The molecule has 0 fully saturated rings. The molecule has 20 heavy (non-hydrogen) atoms. The summed E-state index contributed by atoms with van der Waals surface area (Å²) in [6.07, 6.45) is 0.752. The first-order valence-electron chi connectivity index (χ1n) is 6.51. The monoisotopic (exact) mass is 281 g/mol. The lowest BCUT2D eigenvalue weighted by molar-refractivity contribution is 0.902. The molecule has 3 nitrogen and oxygen atoms in total. The summed E-state index contributed by atoms with van der Waals surface area (Å²) in [6.45, 7) is 2.09. The number of aromatic nitrogens is 3. The average molecular weight is 281 g/mol. The Morgan fingerprint density at radius 3 is 2.45 bits per heavy atom. The molecule has 0 bridgehead atoms. The minimum Gasteiger partial charge on any atom is -0.272 e. The first-order chi connectivity index (χ1) is 9.74. The highest BCUT2D eigenvalue weighted by molar-refractivity contribution is 7.71. The molecule has 0 aliphatic rings. The zero-order valence-corrected chi connectivity index (χ0v) is 12.0. The molecule has 0 saturated carbocycles. The molecule has 0 unspecified atom stereocenters. The minimum atomic E-state index is 0.623. The molecule has 100 valence electrons. The number of rotatable bonds is 3. The Morgan fingerprint density at radius 2 is 1.75 bits per heavy atom. The van der Waals surface area contributed by atoms with Crippen LogP contribution in [0.15, 0.2) is 54.6 Å². The average Bonchev–Trinajstić information content (AvgIpc) is 2.83. The maximum absolute atomic E-state index is 5.34. The second-order valence-electron chi connectivity index (χ2n) is 4.78. The summed E-state index contributed by atoms with van der Waals surface area (Å²) in [5, 5.41) is 7.24. The molecule has 0 amide bonds. The lowest BCUT2D eigenvalue weighted by Crippen LogP contribution is -2.02. The maximum atomic E-state index is 5.34. The van der Waals surface area contributed by atoms with Crippen molar-refractivity contribution in [2.75, 3.05) is 0 Å². The van der Waals surface area contributed by atoms with E-state index in [1.54, 1.807) is 0 Å². The molecule has 3 rings (SSSR count). The van der Waals surface area contributed by atoms with Gasteiger partial charge in [0.1, 0.15) is 5.82 Å². The Labute approximate surface area is 122 Å². The summed E-state index contributed by atoms with van der Waals surface area (Å²) in [5.41, 5.74) is 3.52. The number of para-hydroxylation sites is 1. The van der Waals surface area contributed by atoms with Crippen LogP contribution < -0.4 is 0 Å². The number of hydrogen-bond donors (Lipinski definition) is 1. The van der Waals surface area contributed by atoms with Crippen molar-refractivity contribution in [1.29, 1.82) is 0 Å². The molecule has 1 N–H and O–H groups in total. The number of aromatic amines is 1. The van der Waals surface area contributed by atoms with Gasteiger partial charge in [0.2, 0.25) is 0 Å². The summed E-state index contributed by atoms with van der Waals surface area (Å²) in [6, 6.07) is 18.5. The van der Waals surface area contributed by atoms with Crippen LogP contribution in [0.2, 0.25) is 0 Å². The van der Waals surface area contributed by atoms with Gasteiger partial charge in [-0.05, 0) is 36.8 Å². The molecular formula is C16H15N3S. The van der Waals surface area contributed by atoms with Crippen molar-refractivity contribution in [2.45, 2.75) is 13.3 Å². The fourth-order valence-corrected chi connectivity index (χ4v) is 2.44. The number of hydrogen-bond acceptors (Lipinski definition) is 2. The summed E-state index contributed by atoms with van der Waals surface area (Å²) in [7, 11) is 0. The van der Waals surface area contributed by atoms with Crippen LogP contribution in [0.25, 0.3) is 5.69 Å². The molecule has 1 aromatic heterocycles. The van der Waals surface area contributed by atoms with E-state index in [2.05, 4.69) is 41.4 Å². The van der Waals surface area contributed by atoms with Crippen LogP contribution in [0.1, 0.15) is 17.0 Å². The van der Waals surface area contributed by atoms with Crippen LogP contribution in [0.4, 0.5) is 0 Å². The lowest BCUT2D eigenvalue weighted by atomic mass is 10.1. The van der Waals surface area contributed by atoms with Gasteiger partial charge < -0.3 is 0 Å². The SMILES string of the molecule is Cc1ccc(Cc2n[nH]c(=S)n2-c2ccccc2)cc1. The zero-order chi connectivity index (χ0) is 13.9. The first kappa shape index (κ1) is 12.8. The fraction of sp³-hybridized carbons (Fsp3) is 0.125. The van der Waals surface area contributed by atoms with Gasteiger partial charge in [-0.2, -0.15) is 5.10 Å². The molecular weight excluding hydrogens is 266 g/mol. The smallest absolute Gasteiger partial charge is 0.199 e. The van der Waals surface area contributed by atoms with Gasteiger partial charge in [-0.3, -0.25) is 9.67 Å². The Bertz CT molecular complexity index is 754. The van der Waals surface area contributed by atoms with Crippen molar-refractivity contribution in [2.24, 2.45) is 0 Å². The zero-order valence-electron chi connectivity index (χ0n) is 11.2. The Kier molecular flexibility index (Phi) is 3.48. The number of benzene rings is 2. The number of nitrogens with one attached hydrogen (secondary N) is 1. The Balaban J connectivity index is 1.99. The summed E-state index contributed by atoms with van der Waals surface area (Å²) >= 11 is 5.34. The molecule has 0 aliphatic carbocycles. The van der Waals surface area contributed by atoms with Crippen LogP contribution in [0.5, 0.6) is 0 Å². The van der Waals surface area contributed by atoms with Crippen molar-refractivity contribution in [3.8, 4) is 5.69 Å². The third kappa shape index (κ3) is 2.56. The highest BCUT2D eigenvalue weighted by atomic mass is 32.1. The number of nitrogens with zero attached hydrogens (tertiary/aromatic N) is 2. The topological polar surface area (TPSA) is 33.6 Å². The fourth-order valence-electron chi connectivity index (χ4n) is 2.18. The molecule has 2 aromatic carbocycles. The standard InChI is InChI=1S/C16H15N3S/c1-12-7-9-13(10-8-12)11-15-17-18-16(20)19(15)14-5-3-2-4-6-14/h2-10H,11H2,1H3,(H,18,20). The van der Waals surface area contributed by atoms with E-state index in [1.165, 1.54) is 11.1 Å². The molecule has 3 aromatic rings. The van der Waals surface area contributed by atoms with Crippen LogP contribution in [0.3, 0.4) is 0 Å². The van der Waals surface area contributed by atoms with Gasteiger partial charge in [-0.25, -0.2) is 0 Å². The predicted molar refractivity (Wildman–Crippen MR) is 82.7 cm³/mol. The van der Waals surface area contributed by atoms with E-state index in [4.69, 9.17) is 12.2 Å². The third-order valence-electron chi connectivity index (χ3n) is 3.24. The highest BCUT2D eigenvalue weighted by Crippen LogP contribution is 2.14. The van der Waals surface area contributed by atoms with Gasteiger partial charge in [-0.1, -0.05) is 48.0 Å². The first-order valence-corrected chi connectivity index (χ1v) is 6.92. The van der Waals surface area contributed by atoms with Crippen LogP contribution >= 0.6 is 12.2 Å². The number of aryl methyl sites for hydroxylation is 1. The summed E-state index contributed by atoms with van der Waals surface area (Å²) in [4.78, 5) is 0. The number of H-pyrrole nitrogens is 1. The van der Waals surface area contributed by atoms with Crippen molar-refractivity contribution in [1.82, 2.24) is 14.8 Å². The molecule has 1 heterocycles. The van der Waals surface area contributed by atoms with Crippen molar-refractivity contribution in [3.05, 3.63) is 76.3 Å². The second-order valence-corrected chi connectivity index (χ2v) is 5.17. The Morgan fingerprint density at radius 1 is 1.05 bits per heavy atom. The largest absolute Gasteiger partial charge is 0.272 e. The van der Waals surface area contributed by atoms with Gasteiger partial charge in [0, 0.05) is 12.1 Å². The van der Waals surface area contributed by atoms with E-state index in [1.807, 2.05) is 34.9 Å². The van der Waals surface area contributed by atoms with E-state index in [0.717, 1.165) is 17.9 Å². The van der Waals surface area contributed by atoms with E-state index in [-0.39, 0.29) is 0 Å². The summed E-state index contributed by atoms with van der Waals surface area (Å²) in [5.74, 6) is 0.921. The van der Waals surface area contributed by atoms with E-state index in [0.29, 0.717) is 4.77 Å². The molecule has 0 atom stereocenters. The lowest BCUT2D eigenvalue weighted by Gasteiger charge is -2.07. The normalized spacial score (nSPS) is 10.7. The predicted octanol–water partition coefficient (Wildman–Crippen LogP) is 3.83. The Hall–Kier alpha value is -2.20. The molecule has 0 saturated heterocycles. The van der Waals surface area contributed by atoms with E-state index in [9.17, 15) is 0 Å². The van der Waals surface area contributed by atoms with Crippen molar-refractivity contribution >= 4 is 12.2 Å². The third-order valence-corrected chi connectivity index (χ3v) is 3.51. The highest BCUT2D eigenvalue weighted by Gasteiger charge is 2.08. The van der Waals surface area contributed by atoms with Gasteiger partial charge in [-0.15, -0.1) is 0 Å². The summed E-state index contributed by atoms with van der Waals surface area (Å²) < 4.78 is 2.60. The minimum absolute atomic E-state index is 0.623. The van der Waals surface area contributed by atoms with Gasteiger partial charge >= 0.3 is 0 Å². The van der Waals surface area contributed by atoms with Crippen LogP contribution in [-0.4, -0.2) is 14.8 Å². The molecule has 0 aliphatic heterocycles. The van der Waals surface area contributed by atoms with E-state index < -0.39 is 0 Å². The van der Waals surface area contributed by atoms with Crippen LogP contribution in [-0.2, 0) is 6.42 Å². The van der Waals surface area contributed by atoms with Crippen LogP contribution in [0, 0.1) is 11.7 Å². The second kappa shape index (κ2) is 5.43. The molecule has 0 spiro atoms. The van der Waals surface area contributed by atoms with Gasteiger partial charge in [0.15, 0.2) is 4.77 Å². The van der Waals surface area contributed by atoms with Crippen molar-refractivity contribution in [3.63, 3.8) is 0 Å². The van der Waals surface area contributed by atoms with E-state index >= 15 is 0 Å². The van der Waals surface area contributed by atoms with Gasteiger partial charge in [0.25, 0.3) is 0 Å².